The van der Waals surface area contributed by atoms with Gasteiger partial charge in [-0.3, -0.25) is 0 Å². The average molecular weight is 277 g/mol. The van der Waals surface area contributed by atoms with E-state index in [9.17, 15) is 8.78 Å². The Morgan fingerprint density at radius 1 is 0.900 bits per heavy atom. The number of hydrogen-bond donors (Lipinski definition) is 1. The van der Waals surface area contributed by atoms with E-state index in [1.54, 1.807) is 0 Å². The van der Waals surface area contributed by atoms with Gasteiger partial charge in [0.25, 0.3) is 0 Å². The van der Waals surface area contributed by atoms with Gasteiger partial charge in [-0.1, -0.05) is 6.07 Å². The Morgan fingerprint density at radius 2 is 1.60 bits per heavy atom. The second-order valence-electron chi connectivity index (χ2n) is 4.49. The van der Waals surface area contributed by atoms with Gasteiger partial charge in [0.1, 0.15) is 24.8 Å². The smallest absolute Gasteiger partial charge is 0.161 e. The predicted molar refractivity (Wildman–Crippen MR) is 71.1 cm³/mol. The molecular weight excluding hydrogens is 264 g/mol. The molecule has 0 spiro atoms. The van der Waals surface area contributed by atoms with Gasteiger partial charge in [-0.05, 0) is 29.8 Å². The van der Waals surface area contributed by atoms with Crippen molar-refractivity contribution in [2.75, 3.05) is 18.5 Å². The molecule has 0 radical (unpaired) electrons. The highest BCUT2D eigenvalue weighted by atomic mass is 19.1. The number of rotatable bonds is 3. The molecule has 1 N–H and O–H groups in total. The topological polar surface area (TPSA) is 30.5 Å². The first-order valence-electron chi connectivity index (χ1n) is 6.29. The lowest BCUT2D eigenvalue weighted by Gasteiger charge is -2.19. The van der Waals surface area contributed by atoms with E-state index in [0.29, 0.717) is 31.2 Å². The van der Waals surface area contributed by atoms with Crippen LogP contribution in [0.4, 0.5) is 14.5 Å². The lowest BCUT2D eigenvalue weighted by Crippen LogP contribution is -2.15. The van der Waals surface area contributed by atoms with Crippen LogP contribution in [-0.2, 0) is 6.54 Å². The quantitative estimate of drug-likeness (QED) is 0.933. The van der Waals surface area contributed by atoms with Gasteiger partial charge < -0.3 is 14.8 Å². The minimum absolute atomic E-state index is 0.400. The van der Waals surface area contributed by atoms with E-state index in [4.69, 9.17) is 9.47 Å². The summed E-state index contributed by atoms with van der Waals surface area (Å²) in [6, 6.07) is 8.92. The van der Waals surface area contributed by atoms with Gasteiger partial charge in [0.15, 0.2) is 11.5 Å². The van der Waals surface area contributed by atoms with E-state index < -0.39 is 11.6 Å². The molecule has 0 atom stereocenters. The van der Waals surface area contributed by atoms with Crippen molar-refractivity contribution in [1.82, 2.24) is 0 Å². The third-order valence-electron chi connectivity index (χ3n) is 2.97. The van der Waals surface area contributed by atoms with Crippen molar-refractivity contribution in [3.8, 4) is 11.5 Å². The van der Waals surface area contributed by atoms with Gasteiger partial charge >= 0.3 is 0 Å². The predicted octanol–water partition coefficient (Wildman–Crippen LogP) is 3.35. The first-order valence-corrected chi connectivity index (χ1v) is 6.29. The van der Waals surface area contributed by atoms with Crippen LogP contribution in [0, 0.1) is 11.6 Å². The molecular formula is C15H13F2NO2. The molecule has 1 aliphatic heterocycles. The Labute approximate surface area is 115 Å². The molecule has 0 aromatic heterocycles. The van der Waals surface area contributed by atoms with E-state index in [2.05, 4.69) is 5.32 Å². The zero-order valence-corrected chi connectivity index (χ0v) is 10.7. The maximum Gasteiger partial charge on any atom is 0.161 e. The van der Waals surface area contributed by atoms with Crippen molar-refractivity contribution in [1.29, 1.82) is 0 Å². The van der Waals surface area contributed by atoms with Crippen LogP contribution in [0.15, 0.2) is 36.4 Å². The molecule has 2 aromatic rings. The third kappa shape index (κ3) is 2.82. The van der Waals surface area contributed by atoms with Gasteiger partial charge in [-0.25, -0.2) is 8.78 Å². The van der Waals surface area contributed by atoms with Crippen molar-refractivity contribution in [2.45, 2.75) is 6.54 Å². The van der Waals surface area contributed by atoms with Gasteiger partial charge in [-0.15, -0.1) is 0 Å². The van der Waals surface area contributed by atoms with E-state index >= 15 is 0 Å². The van der Waals surface area contributed by atoms with Crippen molar-refractivity contribution in [3.05, 3.63) is 53.6 Å². The van der Waals surface area contributed by atoms with Crippen molar-refractivity contribution in [2.24, 2.45) is 0 Å². The number of hydrogen-bond acceptors (Lipinski definition) is 3. The van der Waals surface area contributed by atoms with Gasteiger partial charge in [0.2, 0.25) is 0 Å². The molecule has 0 saturated carbocycles. The number of halogens is 2. The lowest BCUT2D eigenvalue weighted by molar-refractivity contribution is 0.171. The average Bonchev–Trinajstić information content (AvgIpc) is 2.44. The Hall–Kier alpha value is -2.30. The van der Waals surface area contributed by atoms with Crippen LogP contribution in [-0.4, -0.2) is 13.2 Å². The molecule has 3 rings (SSSR count). The highest BCUT2D eigenvalue weighted by Gasteiger charge is 2.11. The summed E-state index contributed by atoms with van der Waals surface area (Å²) >= 11 is 0. The second kappa shape index (κ2) is 5.36. The van der Waals surface area contributed by atoms with Crippen LogP contribution in [0.25, 0.3) is 0 Å². The fourth-order valence-electron chi connectivity index (χ4n) is 2.06. The van der Waals surface area contributed by atoms with Crippen LogP contribution < -0.4 is 14.8 Å². The third-order valence-corrected chi connectivity index (χ3v) is 2.97. The standard InChI is InChI=1S/C15H13F2NO2/c16-11-6-12(17)8-13(7-11)18-9-10-1-2-14-15(5-10)20-4-3-19-14/h1-2,5-8,18H,3-4,9H2. The molecule has 0 aliphatic carbocycles. The monoisotopic (exact) mass is 277 g/mol. The molecule has 0 fully saturated rings. The number of nitrogens with one attached hydrogen (secondary N) is 1. The highest BCUT2D eigenvalue weighted by Crippen LogP contribution is 2.30. The molecule has 5 heteroatoms. The van der Waals surface area contributed by atoms with E-state index in [0.717, 1.165) is 17.4 Å². The summed E-state index contributed by atoms with van der Waals surface area (Å²) in [4.78, 5) is 0. The summed E-state index contributed by atoms with van der Waals surface area (Å²) in [5.74, 6) is 0.210. The SMILES string of the molecule is Fc1cc(F)cc(NCc2ccc3c(c2)OCCO3)c1. The summed E-state index contributed by atoms with van der Waals surface area (Å²) in [5, 5.41) is 2.97. The van der Waals surface area contributed by atoms with Gasteiger partial charge in [0, 0.05) is 18.3 Å². The van der Waals surface area contributed by atoms with Crippen LogP contribution >= 0.6 is 0 Å². The summed E-state index contributed by atoms with van der Waals surface area (Å²) < 4.78 is 37.0. The van der Waals surface area contributed by atoms with Crippen LogP contribution in [0.1, 0.15) is 5.56 Å². The van der Waals surface area contributed by atoms with Crippen LogP contribution in [0.2, 0.25) is 0 Å². The fourth-order valence-corrected chi connectivity index (χ4v) is 2.06. The zero-order valence-electron chi connectivity index (χ0n) is 10.7. The molecule has 104 valence electrons. The Morgan fingerprint density at radius 3 is 2.35 bits per heavy atom. The molecule has 3 nitrogen and oxygen atoms in total. The molecule has 1 aliphatic rings. The largest absolute Gasteiger partial charge is 0.486 e. The first-order chi connectivity index (χ1) is 9.70. The van der Waals surface area contributed by atoms with Gasteiger partial charge in [-0.2, -0.15) is 0 Å². The van der Waals surface area contributed by atoms with Crippen LogP contribution in [0.5, 0.6) is 11.5 Å². The maximum absolute atomic E-state index is 13.1. The van der Waals surface area contributed by atoms with Crippen LogP contribution in [0.3, 0.4) is 0 Å². The molecule has 0 saturated heterocycles. The summed E-state index contributed by atoms with van der Waals surface area (Å²) in [6.07, 6.45) is 0. The summed E-state index contributed by atoms with van der Waals surface area (Å²) in [6.45, 7) is 1.52. The normalized spacial score (nSPS) is 13.1. The Bertz CT molecular complexity index is 611. The minimum Gasteiger partial charge on any atom is -0.486 e. The first kappa shape index (κ1) is 12.7. The second-order valence-corrected chi connectivity index (χ2v) is 4.49. The van der Waals surface area contributed by atoms with Crippen molar-refractivity contribution < 1.29 is 18.3 Å². The number of ether oxygens (including phenoxy) is 2. The number of fused-ring (bicyclic) bond motifs is 1. The van der Waals surface area contributed by atoms with E-state index in [1.807, 2.05) is 18.2 Å². The highest BCUT2D eigenvalue weighted by molar-refractivity contribution is 5.47. The molecule has 0 bridgehead atoms. The molecule has 0 unspecified atom stereocenters. The van der Waals surface area contributed by atoms with E-state index in [1.165, 1.54) is 12.1 Å². The fraction of sp³-hybridized carbons (Fsp3) is 0.200. The summed E-state index contributed by atoms with van der Waals surface area (Å²) in [5.41, 5.74) is 1.34. The van der Waals surface area contributed by atoms with Crippen molar-refractivity contribution >= 4 is 5.69 Å². The van der Waals surface area contributed by atoms with Crippen molar-refractivity contribution in [3.63, 3.8) is 0 Å². The summed E-state index contributed by atoms with van der Waals surface area (Å²) in [7, 11) is 0. The number of anilines is 1. The van der Waals surface area contributed by atoms with E-state index in [-0.39, 0.29) is 0 Å². The minimum atomic E-state index is -0.602. The molecule has 0 amide bonds. The molecule has 20 heavy (non-hydrogen) atoms. The zero-order chi connectivity index (χ0) is 13.9. The van der Waals surface area contributed by atoms with Gasteiger partial charge in [0.05, 0.1) is 0 Å². The Kier molecular flexibility index (Phi) is 3.41. The molecule has 2 aromatic carbocycles. The Balaban J connectivity index is 1.71. The lowest BCUT2D eigenvalue weighted by atomic mass is 10.2. The number of benzene rings is 2. The molecule has 1 heterocycles. The maximum atomic E-state index is 13.1.